The van der Waals surface area contributed by atoms with E-state index in [1.165, 1.54) is 18.3 Å². The van der Waals surface area contributed by atoms with Crippen LogP contribution in [0, 0.1) is 0 Å². The summed E-state index contributed by atoms with van der Waals surface area (Å²) in [6, 6.07) is 3.34. The Hall–Kier alpha value is -2.51. The van der Waals surface area contributed by atoms with Gasteiger partial charge < -0.3 is 10.5 Å². The maximum atomic E-state index is 13.0. The second-order valence-electron chi connectivity index (χ2n) is 4.17. The summed E-state index contributed by atoms with van der Waals surface area (Å²) < 4.78 is 44.8. The van der Waals surface area contributed by atoms with E-state index in [4.69, 9.17) is 10.5 Å². The van der Waals surface area contributed by atoms with Crippen LogP contribution in [0.15, 0.2) is 30.6 Å². The van der Waals surface area contributed by atoms with Gasteiger partial charge in [-0.2, -0.15) is 18.3 Å². The van der Waals surface area contributed by atoms with E-state index in [1.807, 2.05) is 0 Å². The number of benzene rings is 1. The van der Waals surface area contributed by atoms with Gasteiger partial charge in [0, 0.05) is 11.9 Å². The summed E-state index contributed by atoms with van der Waals surface area (Å²) in [4.78, 5) is 11.5. The van der Waals surface area contributed by atoms with Gasteiger partial charge in [-0.1, -0.05) is 0 Å². The predicted octanol–water partition coefficient (Wildman–Crippen LogP) is 2.65. The molecule has 0 aliphatic heterocycles. The SMILES string of the molecule is CCOC(=O)c1cnn(-c2ccc(N)cc2C(F)(F)F)c1. The molecular formula is C13H12F3N3O2. The normalized spacial score (nSPS) is 11.4. The molecule has 1 heterocycles. The Balaban J connectivity index is 2.46. The predicted molar refractivity (Wildman–Crippen MR) is 68.9 cm³/mol. The summed E-state index contributed by atoms with van der Waals surface area (Å²) in [6.07, 6.45) is -2.26. The average molecular weight is 299 g/mol. The molecule has 0 spiro atoms. The number of alkyl halides is 3. The number of halogens is 3. The lowest BCUT2D eigenvalue weighted by molar-refractivity contribution is -0.137. The number of nitrogens with two attached hydrogens (primary N) is 1. The molecule has 0 saturated heterocycles. The van der Waals surface area contributed by atoms with Crippen molar-refractivity contribution < 1.29 is 22.7 Å². The standard InChI is InChI=1S/C13H12F3N3O2/c1-2-21-12(20)8-6-18-19(7-8)11-4-3-9(17)5-10(11)13(14,15)16/h3-7H,2,17H2,1H3. The van der Waals surface area contributed by atoms with Crippen molar-refractivity contribution in [2.45, 2.75) is 13.1 Å². The van der Waals surface area contributed by atoms with Crippen LogP contribution >= 0.6 is 0 Å². The molecule has 21 heavy (non-hydrogen) atoms. The maximum absolute atomic E-state index is 13.0. The van der Waals surface area contributed by atoms with Crippen molar-refractivity contribution in [3.05, 3.63) is 41.7 Å². The van der Waals surface area contributed by atoms with Crippen molar-refractivity contribution in [1.29, 1.82) is 0 Å². The number of ether oxygens (including phenoxy) is 1. The first-order chi connectivity index (χ1) is 9.82. The molecule has 0 amide bonds. The van der Waals surface area contributed by atoms with Crippen LogP contribution in [0.2, 0.25) is 0 Å². The van der Waals surface area contributed by atoms with Gasteiger partial charge in [-0.25, -0.2) is 9.48 Å². The monoisotopic (exact) mass is 299 g/mol. The molecule has 0 radical (unpaired) electrons. The van der Waals surface area contributed by atoms with Crippen molar-refractivity contribution in [1.82, 2.24) is 9.78 Å². The summed E-state index contributed by atoms with van der Waals surface area (Å²) in [7, 11) is 0. The lowest BCUT2D eigenvalue weighted by Crippen LogP contribution is -2.12. The highest BCUT2D eigenvalue weighted by Crippen LogP contribution is 2.34. The van der Waals surface area contributed by atoms with Gasteiger partial charge in [0.2, 0.25) is 0 Å². The molecule has 2 aromatic rings. The number of esters is 1. The number of nitrogens with zero attached hydrogens (tertiary/aromatic N) is 2. The Morgan fingerprint density at radius 1 is 1.43 bits per heavy atom. The Morgan fingerprint density at radius 3 is 2.76 bits per heavy atom. The second-order valence-corrected chi connectivity index (χ2v) is 4.17. The highest BCUT2D eigenvalue weighted by Gasteiger charge is 2.34. The van der Waals surface area contributed by atoms with Crippen LogP contribution in [0.1, 0.15) is 22.8 Å². The molecule has 2 rings (SSSR count). The Kier molecular flexibility index (Phi) is 3.88. The van der Waals surface area contributed by atoms with E-state index in [0.29, 0.717) is 0 Å². The topological polar surface area (TPSA) is 70.1 Å². The molecule has 0 aliphatic rings. The van der Waals surface area contributed by atoms with Crippen LogP contribution in [0.3, 0.4) is 0 Å². The molecular weight excluding hydrogens is 287 g/mol. The molecule has 0 bridgehead atoms. The van der Waals surface area contributed by atoms with Crippen molar-refractivity contribution in [2.75, 3.05) is 12.3 Å². The third kappa shape index (κ3) is 3.15. The Morgan fingerprint density at radius 2 is 2.14 bits per heavy atom. The lowest BCUT2D eigenvalue weighted by atomic mass is 10.1. The first kappa shape index (κ1) is 14.9. The molecule has 1 aromatic heterocycles. The smallest absolute Gasteiger partial charge is 0.418 e. The van der Waals surface area contributed by atoms with Crippen molar-refractivity contribution >= 4 is 11.7 Å². The van der Waals surface area contributed by atoms with Crippen LogP contribution in [0.5, 0.6) is 0 Å². The van der Waals surface area contributed by atoms with Gasteiger partial charge in [0.25, 0.3) is 0 Å². The summed E-state index contributed by atoms with van der Waals surface area (Å²) in [5.74, 6) is -0.646. The summed E-state index contributed by atoms with van der Waals surface area (Å²) in [5.41, 5.74) is 4.31. The number of rotatable bonds is 3. The molecule has 8 heteroatoms. The minimum absolute atomic E-state index is 0.0103. The van der Waals surface area contributed by atoms with Gasteiger partial charge >= 0.3 is 12.1 Å². The molecule has 0 saturated carbocycles. The van der Waals surface area contributed by atoms with Crippen molar-refractivity contribution in [3.8, 4) is 5.69 Å². The molecule has 1 aromatic carbocycles. The third-order valence-electron chi connectivity index (χ3n) is 2.67. The highest BCUT2D eigenvalue weighted by atomic mass is 19.4. The number of carbonyl (C=O) groups is 1. The summed E-state index contributed by atoms with van der Waals surface area (Å²) in [6.45, 7) is 1.80. The van der Waals surface area contributed by atoms with Crippen LogP contribution in [-0.2, 0) is 10.9 Å². The minimum Gasteiger partial charge on any atom is -0.462 e. The van der Waals surface area contributed by atoms with Gasteiger partial charge in [-0.3, -0.25) is 0 Å². The molecule has 5 nitrogen and oxygen atoms in total. The summed E-state index contributed by atoms with van der Waals surface area (Å²) in [5, 5.41) is 3.77. The molecule has 0 fully saturated rings. The number of aromatic nitrogens is 2. The third-order valence-corrected chi connectivity index (χ3v) is 2.67. The van der Waals surface area contributed by atoms with E-state index < -0.39 is 17.7 Å². The molecule has 0 unspecified atom stereocenters. The lowest BCUT2D eigenvalue weighted by Gasteiger charge is -2.13. The Bertz CT molecular complexity index is 665. The quantitative estimate of drug-likeness (QED) is 0.698. The Labute approximate surface area is 118 Å². The van der Waals surface area contributed by atoms with Crippen LogP contribution < -0.4 is 5.73 Å². The summed E-state index contributed by atoms with van der Waals surface area (Å²) >= 11 is 0. The van der Waals surface area contributed by atoms with Gasteiger partial charge in [0.1, 0.15) is 0 Å². The van der Waals surface area contributed by atoms with Gasteiger partial charge in [-0.05, 0) is 25.1 Å². The van der Waals surface area contributed by atoms with E-state index in [9.17, 15) is 18.0 Å². The van der Waals surface area contributed by atoms with Crippen molar-refractivity contribution in [2.24, 2.45) is 0 Å². The number of carbonyl (C=O) groups excluding carboxylic acids is 1. The first-order valence-corrected chi connectivity index (χ1v) is 6.02. The van der Waals surface area contributed by atoms with E-state index in [-0.39, 0.29) is 23.5 Å². The molecule has 112 valence electrons. The fourth-order valence-corrected chi connectivity index (χ4v) is 1.75. The largest absolute Gasteiger partial charge is 0.462 e. The fraction of sp³-hybridized carbons (Fsp3) is 0.231. The number of nitrogen functional groups attached to an aromatic ring is 1. The zero-order valence-electron chi connectivity index (χ0n) is 11.0. The van der Waals surface area contributed by atoms with E-state index in [0.717, 1.165) is 16.9 Å². The van der Waals surface area contributed by atoms with E-state index >= 15 is 0 Å². The fourth-order valence-electron chi connectivity index (χ4n) is 1.75. The second kappa shape index (κ2) is 5.47. The van der Waals surface area contributed by atoms with Crippen LogP contribution in [0.4, 0.5) is 18.9 Å². The zero-order chi connectivity index (χ0) is 15.6. The molecule has 0 aliphatic carbocycles. The van der Waals surface area contributed by atoms with E-state index in [1.54, 1.807) is 6.92 Å². The highest BCUT2D eigenvalue weighted by molar-refractivity contribution is 5.88. The van der Waals surface area contributed by atoms with Crippen LogP contribution in [-0.4, -0.2) is 22.4 Å². The maximum Gasteiger partial charge on any atom is 0.418 e. The minimum atomic E-state index is -4.58. The van der Waals surface area contributed by atoms with Crippen molar-refractivity contribution in [3.63, 3.8) is 0 Å². The number of hydrogen-bond donors (Lipinski definition) is 1. The van der Waals surface area contributed by atoms with Gasteiger partial charge in [0.05, 0.1) is 29.6 Å². The molecule has 2 N–H and O–H groups in total. The van der Waals surface area contributed by atoms with Crippen LogP contribution in [0.25, 0.3) is 5.69 Å². The molecule has 0 atom stereocenters. The zero-order valence-corrected chi connectivity index (χ0v) is 11.0. The number of hydrogen-bond acceptors (Lipinski definition) is 4. The van der Waals surface area contributed by atoms with Gasteiger partial charge in [0.15, 0.2) is 0 Å². The first-order valence-electron chi connectivity index (χ1n) is 6.02. The average Bonchev–Trinajstić information content (AvgIpc) is 2.87. The van der Waals surface area contributed by atoms with E-state index in [2.05, 4.69) is 5.10 Å². The number of anilines is 1. The van der Waals surface area contributed by atoms with Gasteiger partial charge in [-0.15, -0.1) is 0 Å².